The van der Waals surface area contributed by atoms with Gasteiger partial charge < -0.3 is 19.9 Å². The van der Waals surface area contributed by atoms with Gasteiger partial charge in [0, 0.05) is 12.8 Å². The number of benzene rings is 1. The maximum atomic E-state index is 12.7. The third-order valence-corrected chi connectivity index (χ3v) is 10.1. The third kappa shape index (κ3) is 32.8. The lowest BCUT2D eigenvalue weighted by atomic mass is 10.0. The average molecular weight is 768 g/mol. The smallest absolute Gasteiger partial charge is 0.354 e. The minimum Gasteiger partial charge on any atom is -0.462 e. The summed E-state index contributed by atoms with van der Waals surface area (Å²) < 4.78 is 16.5. The van der Waals surface area contributed by atoms with E-state index in [1.165, 1.54) is 128 Å². The van der Waals surface area contributed by atoms with E-state index < -0.39 is 12.1 Å². The first kappa shape index (κ1) is 49.9. The molecule has 55 heavy (non-hydrogen) atoms. The number of carbonyl (C=O) groups excluding carboxylic acids is 3. The minimum atomic E-state index is -0.894. The molecule has 7 heteroatoms. The highest BCUT2D eigenvalue weighted by Crippen LogP contribution is 2.15. The van der Waals surface area contributed by atoms with E-state index in [0.717, 1.165) is 63.4 Å². The normalized spacial score (nSPS) is 12.2. The highest BCUT2D eigenvalue weighted by atomic mass is 16.6. The summed E-state index contributed by atoms with van der Waals surface area (Å²) in [6.45, 7) is 4.11. The van der Waals surface area contributed by atoms with Crippen LogP contribution in [-0.4, -0.2) is 37.2 Å². The van der Waals surface area contributed by atoms with Crippen molar-refractivity contribution in [2.24, 2.45) is 5.73 Å². The fourth-order valence-electron chi connectivity index (χ4n) is 6.64. The van der Waals surface area contributed by atoms with Gasteiger partial charge in [-0.15, -0.1) is 0 Å². The Morgan fingerprint density at radius 2 is 0.927 bits per heavy atom. The molecule has 1 rings (SSSR count). The van der Waals surface area contributed by atoms with Gasteiger partial charge in [0.15, 0.2) is 6.10 Å². The molecule has 2 N–H and O–H groups in total. The molecule has 7 nitrogen and oxygen atoms in total. The zero-order chi connectivity index (χ0) is 39.9. The predicted molar refractivity (Wildman–Crippen MR) is 229 cm³/mol. The van der Waals surface area contributed by atoms with Crippen molar-refractivity contribution in [2.45, 2.75) is 213 Å². The van der Waals surface area contributed by atoms with E-state index in [-0.39, 0.29) is 37.3 Å². The lowest BCUT2D eigenvalue weighted by Crippen LogP contribution is -2.31. The molecule has 0 aliphatic heterocycles. The van der Waals surface area contributed by atoms with Crippen LogP contribution in [0.2, 0.25) is 0 Å². The van der Waals surface area contributed by atoms with Crippen molar-refractivity contribution >= 4 is 24.0 Å². The van der Waals surface area contributed by atoms with Crippen molar-refractivity contribution in [3.63, 3.8) is 0 Å². The summed E-state index contributed by atoms with van der Waals surface area (Å²) in [7, 11) is 0. The van der Waals surface area contributed by atoms with Crippen LogP contribution in [0.4, 0.5) is 0 Å². The Morgan fingerprint density at radius 3 is 1.40 bits per heavy atom. The highest BCUT2D eigenvalue weighted by molar-refractivity contribution is 5.92. The molecule has 0 fully saturated rings. The molecule has 1 atom stereocenters. The van der Waals surface area contributed by atoms with Crippen LogP contribution in [0, 0.1) is 0 Å². The van der Waals surface area contributed by atoms with Gasteiger partial charge in [0.2, 0.25) is 0 Å². The van der Waals surface area contributed by atoms with Crippen molar-refractivity contribution < 1.29 is 28.6 Å². The number of unbranched alkanes of at least 4 members (excludes halogenated alkanes) is 25. The van der Waals surface area contributed by atoms with Crippen LogP contribution in [0.15, 0.2) is 48.2 Å². The number of hydrogen-bond acceptors (Lipinski definition) is 7. The van der Waals surface area contributed by atoms with E-state index in [4.69, 9.17) is 19.9 Å². The van der Waals surface area contributed by atoms with Crippen molar-refractivity contribution in [1.82, 2.24) is 0 Å². The Morgan fingerprint density at radius 1 is 0.527 bits per heavy atom. The molecule has 0 unspecified atom stereocenters. The predicted octanol–water partition coefficient (Wildman–Crippen LogP) is 13.3. The molecular weight excluding hydrogens is 687 g/mol. The van der Waals surface area contributed by atoms with Crippen LogP contribution in [-0.2, 0) is 28.6 Å². The van der Waals surface area contributed by atoms with E-state index in [1.54, 1.807) is 0 Å². The number of nitrogens with two attached hydrogens (primary N) is 1. The van der Waals surface area contributed by atoms with Gasteiger partial charge in [-0.25, -0.2) is 4.79 Å². The van der Waals surface area contributed by atoms with Crippen LogP contribution in [0.5, 0.6) is 0 Å². The minimum absolute atomic E-state index is 0.0604. The van der Waals surface area contributed by atoms with Crippen LogP contribution < -0.4 is 5.73 Å². The van der Waals surface area contributed by atoms with Crippen molar-refractivity contribution in [1.29, 1.82) is 0 Å². The quantitative estimate of drug-likeness (QED) is 0.0235. The first-order valence-electron chi connectivity index (χ1n) is 22.7. The first-order valence-corrected chi connectivity index (χ1v) is 22.7. The van der Waals surface area contributed by atoms with Crippen LogP contribution >= 0.6 is 0 Å². The number of ether oxygens (including phenoxy) is 3. The second kappa shape index (κ2) is 37.8. The standard InChI is InChI=1S/C48H81NO6/c1-3-5-7-9-11-13-15-17-19-21-23-25-27-29-34-38-46(50)53-41-44(42-54-48(52)45(49)40-43-36-32-31-33-37-43)55-47(51)39-35-30-28-26-24-22-20-18-16-14-12-10-8-6-4-2/h18,20,31-33,36-37,40,44H,3-17,19,21-30,34-35,38-39,41-42,49H2,1-2H3/b20-18-,45-40-/t44-/m1/s1. The lowest BCUT2D eigenvalue weighted by molar-refractivity contribution is -0.165. The SMILES string of the molecule is CCCCCCCC/C=C\CCCCCCCC(=O)O[C@H](COC(=O)CCCCCCCCCCCCCCCCC)COC(=O)/C(N)=C/c1ccccc1. The van der Waals surface area contributed by atoms with E-state index >= 15 is 0 Å². The van der Waals surface area contributed by atoms with Crippen LogP contribution in [0.1, 0.15) is 212 Å². The Labute approximate surface area is 337 Å². The first-order chi connectivity index (χ1) is 27.0. The van der Waals surface area contributed by atoms with Crippen molar-refractivity contribution in [2.75, 3.05) is 13.2 Å². The van der Waals surface area contributed by atoms with Gasteiger partial charge in [-0.3, -0.25) is 9.59 Å². The topological polar surface area (TPSA) is 105 Å². The average Bonchev–Trinajstić information content (AvgIpc) is 3.19. The van der Waals surface area contributed by atoms with E-state index in [9.17, 15) is 14.4 Å². The number of carbonyl (C=O) groups is 3. The Kier molecular flexibility index (Phi) is 34.3. The van der Waals surface area contributed by atoms with Gasteiger partial charge in [0.1, 0.15) is 18.9 Å². The molecule has 0 heterocycles. The highest BCUT2D eigenvalue weighted by Gasteiger charge is 2.20. The molecule has 0 radical (unpaired) electrons. The Balaban J connectivity index is 2.31. The number of rotatable bonds is 38. The molecule has 0 saturated carbocycles. The third-order valence-electron chi connectivity index (χ3n) is 10.1. The van der Waals surface area contributed by atoms with Gasteiger partial charge in [-0.05, 0) is 50.2 Å². The molecular formula is C48H81NO6. The summed E-state index contributed by atoms with van der Waals surface area (Å²) in [5.41, 5.74) is 6.68. The maximum absolute atomic E-state index is 12.7. The fourth-order valence-corrected chi connectivity index (χ4v) is 6.64. The number of allylic oxidation sites excluding steroid dienone is 2. The van der Waals surface area contributed by atoms with Crippen molar-refractivity contribution in [3.05, 3.63) is 53.7 Å². The summed E-state index contributed by atoms with van der Waals surface area (Å²) in [5.74, 6) is -1.43. The van der Waals surface area contributed by atoms with Crippen LogP contribution in [0.25, 0.3) is 6.08 Å². The summed E-state index contributed by atoms with van der Waals surface area (Å²) in [4.78, 5) is 37.9. The van der Waals surface area contributed by atoms with Gasteiger partial charge in [0.25, 0.3) is 0 Å². The van der Waals surface area contributed by atoms with Gasteiger partial charge in [-0.2, -0.15) is 0 Å². The summed E-state index contributed by atoms with van der Waals surface area (Å²) >= 11 is 0. The molecule has 1 aromatic carbocycles. The lowest BCUT2D eigenvalue weighted by Gasteiger charge is -2.18. The molecule has 0 amide bonds. The summed E-state index contributed by atoms with van der Waals surface area (Å²) in [6.07, 6.45) is 40.2. The van der Waals surface area contributed by atoms with E-state index in [0.29, 0.717) is 6.42 Å². The molecule has 0 bridgehead atoms. The number of esters is 3. The van der Waals surface area contributed by atoms with Crippen molar-refractivity contribution in [3.8, 4) is 0 Å². The zero-order valence-electron chi connectivity index (χ0n) is 35.4. The Bertz CT molecular complexity index is 1120. The fraction of sp³-hybridized carbons (Fsp3) is 0.729. The monoisotopic (exact) mass is 768 g/mol. The largest absolute Gasteiger partial charge is 0.462 e. The second-order valence-corrected chi connectivity index (χ2v) is 15.4. The molecule has 0 aliphatic carbocycles. The molecule has 0 aliphatic rings. The van der Waals surface area contributed by atoms with E-state index in [2.05, 4.69) is 26.0 Å². The molecule has 314 valence electrons. The molecule has 0 aromatic heterocycles. The summed E-state index contributed by atoms with van der Waals surface area (Å²) in [5, 5.41) is 0. The molecule has 0 spiro atoms. The van der Waals surface area contributed by atoms with Gasteiger partial charge in [-0.1, -0.05) is 198 Å². The van der Waals surface area contributed by atoms with Gasteiger partial charge >= 0.3 is 17.9 Å². The second-order valence-electron chi connectivity index (χ2n) is 15.4. The Hall–Kier alpha value is -3.09. The maximum Gasteiger partial charge on any atom is 0.354 e. The zero-order valence-corrected chi connectivity index (χ0v) is 35.4. The number of hydrogen-bond donors (Lipinski definition) is 1. The van der Waals surface area contributed by atoms with E-state index in [1.807, 2.05) is 30.3 Å². The van der Waals surface area contributed by atoms with Crippen LogP contribution in [0.3, 0.4) is 0 Å². The molecule has 1 aromatic rings. The summed E-state index contributed by atoms with van der Waals surface area (Å²) in [6, 6.07) is 9.24. The van der Waals surface area contributed by atoms with Gasteiger partial charge in [0.05, 0.1) is 0 Å². The molecule has 0 saturated heterocycles.